The second kappa shape index (κ2) is 6.48. The van der Waals surface area contributed by atoms with Gasteiger partial charge in [-0.05, 0) is 57.8 Å². The van der Waals surface area contributed by atoms with Crippen LogP contribution in [-0.4, -0.2) is 26.6 Å². The molecule has 4 atom stereocenters. The highest BCUT2D eigenvalue weighted by atomic mass is 16.3. The number of amidine groups is 1. The molecule has 2 saturated carbocycles. The third kappa shape index (κ3) is 2.94. The van der Waals surface area contributed by atoms with Crippen LogP contribution in [0.2, 0.25) is 0 Å². The van der Waals surface area contributed by atoms with Gasteiger partial charge >= 0.3 is 0 Å². The van der Waals surface area contributed by atoms with Crippen molar-refractivity contribution in [3.63, 3.8) is 0 Å². The normalized spacial score (nSPS) is 31.7. The Morgan fingerprint density at radius 3 is 2.87 bits per heavy atom. The zero-order valence-electron chi connectivity index (χ0n) is 14.4. The van der Waals surface area contributed by atoms with E-state index in [0.717, 1.165) is 43.5 Å². The summed E-state index contributed by atoms with van der Waals surface area (Å²) in [6, 6.07) is 0.444. The lowest BCUT2D eigenvalue weighted by Crippen LogP contribution is -2.20. The molecule has 0 aliphatic heterocycles. The molecular formula is C18H28N4O. The maximum atomic E-state index is 10.1. The molecule has 126 valence electrons. The Kier molecular flexibility index (Phi) is 4.57. The lowest BCUT2D eigenvalue weighted by atomic mass is 9.96. The fourth-order valence-corrected chi connectivity index (χ4v) is 4.22. The number of aliphatic imine (C=N–C) groups is 1. The molecule has 0 radical (unpaired) electrons. The number of rotatable bonds is 4. The monoisotopic (exact) mass is 316 g/mol. The SMILES string of the molecule is CC/C(C)=C/N=C(N)c1ncn(C2CC[C@H]3C2CC[C@H]3O)c1C. The number of aliphatic hydroxyl groups is 1. The summed E-state index contributed by atoms with van der Waals surface area (Å²) in [6.07, 6.45) is 8.89. The van der Waals surface area contributed by atoms with Gasteiger partial charge in [-0.25, -0.2) is 9.98 Å². The van der Waals surface area contributed by atoms with Crippen molar-refractivity contribution in [2.75, 3.05) is 0 Å². The standard InChI is InChI=1S/C18H28N4O/c1-4-11(2)9-20-18(19)17-12(3)22(10-21-17)15-7-5-14-13(15)6-8-16(14)23/h9-10,13-16,23H,4-8H2,1-3H3,(H2,19,20)/b11-9+/t13?,14-,15?,16+/m0/s1. The van der Waals surface area contributed by atoms with Crippen molar-refractivity contribution in [2.24, 2.45) is 22.6 Å². The van der Waals surface area contributed by atoms with Crippen LogP contribution in [0.5, 0.6) is 0 Å². The third-order valence-corrected chi connectivity index (χ3v) is 5.75. The number of aromatic nitrogens is 2. The van der Waals surface area contributed by atoms with Crippen molar-refractivity contribution < 1.29 is 5.11 Å². The van der Waals surface area contributed by atoms with Crippen molar-refractivity contribution in [2.45, 2.75) is 65.0 Å². The molecule has 0 bridgehead atoms. The molecule has 0 aromatic carbocycles. The lowest BCUT2D eigenvalue weighted by Gasteiger charge is -2.21. The van der Waals surface area contributed by atoms with Crippen LogP contribution in [0.3, 0.4) is 0 Å². The minimum absolute atomic E-state index is 0.109. The highest BCUT2D eigenvalue weighted by Gasteiger charge is 2.45. The molecule has 0 amide bonds. The van der Waals surface area contributed by atoms with Crippen LogP contribution in [0.4, 0.5) is 0 Å². The first-order chi connectivity index (χ1) is 11.0. The number of aliphatic hydroxyl groups excluding tert-OH is 1. The number of fused-ring (bicyclic) bond motifs is 1. The summed E-state index contributed by atoms with van der Waals surface area (Å²) in [5, 5.41) is 10.1. The van der Waals surface area contributed by atoms with Crippen LogP contribution in [-0.2, 0) is 0 Å². The van der Waals surface area contributed by atoms with Gasteiger partial charge in [0.1, 0.15) is 5.69 Å². The average Bonchev–Trinajstić information content (AvgIpc) is 3.21. The van der Waals surface area contributed by atoms with Crippen molar-refractivity contribution in [1.82, 2.24) is 9.55 Å². The molecular weight excluding hydrogens is 288 g/mol. The Hall–Kier alpha value is -1.62. The van der Waals surface area contributed by atoms with E-state index < -0.39 is 0 Å². The summed E-state index contributed by atoms with van der Waals surface area (Å²) in [5.41, 5.74) is 9.20. The summed E-state index contributed by atoms with van der Waals surface area (Å²) in [4.78, 5) is 8.87. The topological polar surface area (TPSA) is 76.4 Å². The van der Waals surface area contributed by atoms with Crippen LogP contribution < -0.4 is 5.73 Å². The first-order valence-corrected chi connectivity index (χ1v) is 8.73. The van der Waals surface area contributed by atoms with Crippen molar-refractivity contribution in [1.29, 1.82) is 0 Å². The zero-order valence-corrected chi connectivity index (χ0v) is 14.4. The van der Waals surface area contributed by atoms with E-state index in [2.05, 4.69) is 28.4 Å². The Morgan fingerprint density at radius 1 is 1.39 bits per heavy atom. The summed E-state index contributed by atoms with van der Waals surface area (Å²) in [6.45, 7) is 6.22. The number of imidazole rings is 1. The molecule has 5 heteroatoms. The molecule has 0 spiro atoms. The molecule has 1 heterocycles. The Balaban J connectivity index is 1.83. The summed E-state index contributed by atoms with van der Waals surface area (Å²) in [7, 11) is 0. The first-order valence-electron chi connectivity index (χ1n) is 8.73. The number of hydrogen-bond donors (Lipinski definition) is 2. The smallest absolute Gasteiger partial charge is 0.151 e. The fraction of sp³-hybridized carbons (Fsp3) is 0.667. The molecule has 5 nitrogen and oxygen atoms in total. The summed E-state index contributed by atoms with van der Waals surface area (Å²) >= 11 is 0. The second-order valence-electron chi connectivity index (χ2n) is 7.05. The van der Waals surface area contributed by atoms with Gasteiger partial charge in [0.05, 0.1) is 12.4 Å². The van der Waals surface area contributed by atoms with Crippen molar-refractivity contribution in [3.8, 4) is 0 Å². The minimum Gasteiger partial charge on any atom is -0.393 e. The molecule has 1 aromatic heterocycles. The Bertz CT molecular complexity index is 631. The van der Waals surface area contributed by atoms with Crippen LogP contribution in [0.1, 0.15) is 63.4 Å². The van der Waals surface area contributed by atoms with E-state index in [1.54, 1.807) is 0 Å². The molecule has 23 heavy (non-hydrogen) atoms. The van der Waals surface area contributed by atoms with E-state index in [9.17, 15) is 5.11 Å². The summed E-state index contributed by atoms with van der Waals surface area (Å²) < 4.78 is 2.26. The molecule has 0 saturated heterocycles. The molecule has 2 aliphatic carbocycles. The van der Waals surface area contributed by atoms with Crippen LogP contribution in [0.25, 0.3) is 0 Å². The van der Waals surface area contributed by atoms with Crippen LogP contribution in [0, 0.1) is 18.8 Å². The largest absolute Gasteiger partial charge is 0.393 e. The van der Waals surface area contributed by atoms with E-state index in [0.29, 0.717) is 23.7 Å². The second-order valence-corrected chi connectivity index (χ2v) is 7.05. The van der Waals surface area contributed by atoms with Gasteiger partial charge in [-0.2, -0.15) is 0 Å². The van der Waals surface area contributed by atoms with Crippen molar-refractivity contribution >= 4 is 5.84 Å². The van der Waals surface area contributed by atoms with Gasteiger partial charge in [0.25, 0.3) is 0 Å². The van der Waals surface area contributed by atoms with E-state index in [1.807, 2.05) is 19.5 Å². The molecule has 1 aromatic rings. The molecule has 3 rings (SSSR count). The van der Waals surface area contributed by atoms with Gasteiger partial charge < -0.3 is 15.4 Å². The van der Waals surface area contributed by atoms with E-state index in [-0.39, 0.29) is 6.10 Å². The maximum absolute atomic E-state index is 10.1. The maximum Gasteiger partial charge on any atom is 0.151 e. The van der Waals surface area contributed by atoms with E-state index >= 15 is 0 Å². The van der Waals surface area contributed by atoms with Gasteiger partial charge in [-0.3, -0.25) is 0 Å². The minimum atomic E-state index is -0.109. The highest BCUT2D eigenvalue weighted by Crippen LogP contribution is 2.50. The predicted octanol–water partition coefficient (Wildman–Crippen LogP) is 2.93. The van der Waals surface area contributed by atoms with Crippen molar-refractivity contribution in [3.05, 3.63) is 29.5 Å². The van der Waals surface area contributed by atoms with Gasteiger partial charge in [0, 0.05) is 17.9 Å². The average molecular weight is 316 g/mol. The quantitative estimate of drug-likeness (QED) is 0.662. The van der Waals surface area contributed by atoms with Gasteiger partial charge in [0.15, 0.2) is 5.84 Å². The van der Waals surface area contributed by atoms with Crippen LogP contribution >= 0.6 is 0 Å². The highest BCUT2D eigenvalue weighted by molar-refractivity contribution is 5.97. The third-order valence-electron chi connectivity index (χ3n) is 5.75. The number of allylic oxidation sites excluding steroid dienone is 1. The fourth-order valence-electron chi connectivity index (χ4n) is 4.22. The molecule has 2 unspecified atom stereocenters. The lowest BCUT2D eigenvalue weighted by molar-refractivity contribution is 0.124. The number of nitrogens with zero attached hydrogens (tertiary/aromatic N) is 3. The first kappa shape index (κ1) is 16.2. The predicted molar refractivity (Wildman–Crippen MR) is 92.2 cm³/mol. The van der Waals surface area contributed by atoms with Crippen LogP contribution in [0.15, 0.2) is 23.1 Å². The molecule has 2 aliphatic rings. The number of nitrogens with two attached hydrogens (primary N) is 1. The molecule has 2 fully saturated rings. The van der Waals surface area contributed by atoms with E-state index in [4.69, 9.17) is 5.73 Å². The van der Waals surface area contributed by atoms with Gasteiger partial charge in [-0.15, -0.1) is 0 Å². The van der Waals surface area contributed by atoms with Gasteiger partial charge in [-0.1, -0.05) is 12.5 Å². The Morgan fingerprint density at radius 2 is 2.13 bits per heavy atom. The van der Waals surface area contributed by atoms with Gasteiger partial charge in [0.2, 0.25) is 0 Å². The Labute approximate surface area is 138 Å². The summed E-state index contributed by atoms with van der Waals surface area (Å²) in [5.74, 6) is 1.52. The number of hydrogen-bond acceptors (Lipinski definition) is 3. The molecule has 3 N–H and O–H groups in total. The van der Waals surface area contributed by atoms with E-state index in [1.165, 1.54) is 5.57 Å². The zero-order chi connectivity index (χ0) is 16.6.